The minimum absolute atomic E-state index is 1.09. The van der Waals surface area contributed by atoms with Crippen LogP contribution in [0.25, 0.3) is 43.8 Å². The van der Waals surface area contributed by atoms with Gasteiger partial charge in [0.2, 0.25) is 0 Å². The van der Waals surface area contributed by atoms with Gasteiger partial charge in [-0.2, -0.15) is 0 Å². The quantitative estimate of drug-likeness (QED) is 0.229. The fourth-order valence-electron chi connectivity index (χ4n) is 5.30. The highest BCUT2D eigenvalue weighted by atomic mass is 79.9. The molecule has 1 nitrogen and oxygen atoms in total. The van der Waals surface area contributed by atoms with Crippen molar-refractivity contribution in [2.75, 3.05) is 4.90 Å². The molecule has 160 valence electrons. The van der Waals surface area contributed by atoms with Gasteiger partial charge in [0.15, 0.2) is 0 Å². The average molecular weight is 498 g/mol. The van der Waals surface area contributed by atoms with Crippen LogP contribution in [0.2, 0.25) is 0 Å². The lowest BCUT2D eigenvalue weighted by Gasteiger charge is -2.34. The lowest BCUT2D eigenvalue weighted by molar-refractivity contribution is 1.29. The van der Waals surface area contributed by atoms with E-state index in [9.17, 15) is 0 Å². The minimum atomic E-state index is 1.09. The molecule has 34 heavy (non-hydrogen) atoms. The van der Waals surface area contributed by atoms with Crippen LogP contribution in [0, 0.1) is 0 Å². The molecule has 0 saturated heterocycles. The van der Waals surface area contributed by atoms with Gasteiger partial charge in [-0.3, -0.25) is 0 Å². The van der Waals surface area contributed by atoms with Gasteiger partial charge in [-0.1, -0.05) is 101 Å². The Balaban J connectivity index is 1.48. The summed E-state index contributed by atoms with van der Waals surface area (Å²) in [4.78, 5) is 2.42. The molecule has 0 fully saturated rings. The molecule has 0 aromatic heterocycles. The molecule has 6 aromatic rings. The van der Waals surface area contributed by atoms with E-state index in [0.29, 0.717) is 0 Å². The van der Waals surface area contributed by atoms with E-state index >= 15 is 0 Å². The number of hydrogen-bond acceptors (Lipinski definition) is 1. The van der Waals surface area contributed by atoms with E-state index in [2.05, 4.69) is 142 Å². The van der Waals surface area contributed by atoms with E-state index in [4.69, 9.17) is 0 Å². The van der Waals surface area contributed by atoms with Crippen molar-refractivity contribution in [1.82, 2.24) is 0 Å². The molecule has 0 N–H and O–H groups in total. The van der Waals surface area contributed by atoms with Crippen molar-refractivity contribution in [2.45, 2.75) is 0 Å². The summed E-state index contributed by atoms with van der Waals surface area (Å²) in [6.07, 6.45) is 0. The predicted molar refractivity (Wildman–Crippen MR) is 148 cm³/mol. The van der Waals surface area contributed by atoms with Gasteiger partial charge in [-0.15, -0.1) is 0 Å². The summed E-state index contributed by atoms with van der Waals surface area (Å²) in [6.45, 7) is 0. The standard InChI is InChI=1S/C32H20BrN/c33-25-16-11-21(12-17-25)22-13-18-26(19-14-22)34-29-10-4-7-24-6-3-9-28(31(24)29)32-27-8-2-1-5-23(27)15-20-30(32)34/h1-20H. The molecule has 0 aliphatic carbocycles. The Bertz CT molecular complexity index is 1690. The zero-order valence-corrected chi connectivity index (χ0v) is 20.0. The van der Waals surface area contributed by atoms with Gasteiger partial charge in [0.05, 0.1) is 11.4 Å². The predicted octanol–water partition coefficient (Wildman–Crippen LogP) is 9.87. The monoisotopic (exact) mass is 497 g/mol. The van der Waals surface area contributed by atoms with Crippen molar-refractivity contribution in [3.05, 3.63) is 126 Å². The molecule has 0 bridgehead atoms. The molecule has 0 atom stereocenters. The van der Waals surface area contributed by atoms with Gasteiger partial charge in [0.1, 0.15) is 0 Å². The van der Waals surface area contributed by atoms with Crippen molar-refractivity contribution in [3.8, 4) is 22.3 Å². The van der Waals surface area contributed by atoms with Crippen LogP contribution in [-0.2, 0) is 0 Å². The van der Waals surface area contributed by atoms with E-state index in [0.717, 1.165) is 4.47 Å². The van der Waals surface area contributed by atoms with Gasteiger partial charge < -0.3 is 4.90 Å². The van der Waals surface area contributed by atoms with Crippen LogP contribution in [0.3, 0.4) is 0 Å². The highest BCUT2D eigenvalue weighted by Gasteiger charge is 2.27. The molecule has 1 aliphatic rings. The molecule has 7 rings (SSSR count). The summed E-state index contributed by atoms with van der Waals surface area (Å²) in [5.74, 6) is 0. The Morgan fingerprint density at radius 1 is 0.500 bits per heavy atom. The molecule has 1 aliphatic heterocycles. The summed E-state index contributed by atoms with van der Waals surface area (Å²) < 4.78 is 1.09. The zero-order valence-electron chi connectivity index (χ0n) is 18.4. The smallest absolute Gasteiger partial charge is 0.0547 e. The van der Waals surface area contributed by atoms with Crippen LogP contribution >= 0.6 is 15.9 Å². The molecule has 0 unspecified atom stereocenters. The number of benzene rings is 6. The third-order valence-electron chi connectivity index (χ3n) is 6.84. The highest BCUT2D eigenvalue weighted by Crippen LogP contribution is 2.52. The summed E-state index contributed by atoms with van der Waals surface area (Å²) in [6, 6.07) is 43.9. The largest absolute Gasteiger partial charge is 0.309 e. The number of anilines is 3. The lowest BCUT2D eigenvalue weighted by atomic mass is 9.87. The highest BCUT2D eigenvalue weighted by molar-refractivity contribution is 9.10. The maximum absolute atomic E-state index is 3.53. The normalized spacial score (nSPS) is 12.2. The number of rotatable bonds is 2. The van der Waals surface area contributed by atoms with Crippen molar-refractivity contribution >= 4 is 54.5 Å². The van der Waals surface area contributed by atoms with E-state index in [1.54, 1.807) is 0 Å². The van der Waals surface area contributed by atoms with Crippen LogP contribution < -0.4 is 4.90 Å². The van der Waals surface area contributed by atoms with Gasteiger partial charge in [0.25, 0.3) is 0 Å². The number of halogens is 1. The van der Waals surface area contributed by atoms with Gasteiger partial charge >= 0.3 is 0 Å². The molecule has 0 radical (unpaired) electrons. The SMILES string of the molecule is Brc1ccc(-c2ccc(N3c4ccc5ccccc5c4-c4cccc5cccc3c45)cc2)cc1. The van der Waals surface area contributed by atoms with E-state index in [1.807, 2.05) is 0 Å². The second-order valence-electron chi connectivity index (χ2n) is 8.75. The molecule has 0 saturated carbocycles. The summed E-state index contributed by atoms with van der Waals surface area (Å²) >= 11 is 3.53. The fourth-order valence-corrected chi connectivity index (χ4v) is 5.56. The summed E-state index contributed by atoms with van der Waals surface area (Å²) in [5, 5.41) is 5.14. The van der Waals surface area contributed by atoms with Crippen LogP contribution in [0.5, 0.6) is 0 Å². The second kappa shape index (κ2) is 7.58. The van der Waals surface area contributed by atoms with Crippen LogP contribution in [0.1, 0.15) is 0 Å². The molecule has 6 aromatic carbocycles. The maximum Gasteiger partial charge on any atom is 0.0547 e. The first-order valence-corrected chi connectivity index (χ1v) is 12.3. The molecular weight excluding hydrogens is 478 g/mol. The first-order valence-electron chi connectivity index (χ1n) is 11.5. The molecular formula is C32H20BrN. The minimum Gasteiger partial charge on any atom is -0.309 e. The van der Waals surface area contributed by atoms with Crippen LogP contribution in [0.15, 0.2) is 126 Å². The number of fused-ring (bicyclic) bond motifs is 4. The third-order valence-corrected chi connectivity index (χ3v) is 7.37. The van der Waals surface area contributed by atoms with Gasteiger partial charge in [-0.25, -0.2) is 0 Å². The number of hydrogen-bond donors (Lipinski definition) is 0. The Labute approximate surface area is 207 Å². The Hall–Kier alpha value is -3.88. The maximum atomic E-state index is 3.53. The van der Waals surface area contributed by atoms with Crippen LogP contribution in [0.4, 0.5) is 17.1 Å². The fraction of sp³-hybridized carbons (Fsp3) is 0. The lowest BCUT2D eigenvalue weighted by Crippen LogP contribution is -2.15. The first-order chi connectivity index (χ1) is 16.8. The van der Waals surface area contributed by atoms with Gasteiger partial charge in [0, 0.05) is 21.1 Å². The van der Waals surface area contributed by atoms with Gasteiger partial charge in [-0.05, 0) is 69.2 Å². The van der Waals surface area contributed by atoms with Crippen molar-refractivity contribution in [1.29, 1.82) is 0 Å². The summed E-state index contributed by atoms with van der Waals surface area (Å²) in [7, 11) is 0. The average Bonchev–Trinajstić information content (AvgIpc) is 2.89. The Morgan fingerprint density at radius 2 is 1.18 bits per heavy atom. The van der Waals surface area contributed by atoms with E-state index in [-0.39, 0.29) is 0 Å². The first kappa shape index (κ1) is 19.6. The molecule has 0 spiro atoms. The molecule has 2 heteroatoms. The topological polar surface area (TPSA) is 3.24 Å². The van der Waals surface area contributed by atoms with Crippen LogP contribution in [-0.4, -0.2) is 0 Å². The number of nitrogens with zero attached hydrogens (tertiary/aromatic N) is 1. The molecule has 1 heterocycles. The van der Waals surface area contributed by atoms with E-state index < -0.39 is 0 Å². The van der Waals surface area contributed by atoms with E-state index in [1.165, 1.54) is 60.9 Å². The second-order valence-corrected chi connectivity index (χ2v) is 9.67. The summed E-state index contributed by atoms with van der Waals surface area (Å²) in [5.41, 5.74) is 8.66. The zero-order chi connectivity index (χ0) is 22.6. The third kappa shape index (κ3) is 2.92. The van der Waals surface area contributed by atoms with Crippen molar-refractivity contribution < 1.29 is 0 Å². The Kier molecular flexibility index (Phi) is 4.36. The Morgan fingerprint density at radius 3 is 1.97 bits per heavy atom. The van der Waals surface area contributed by atoms with Crippen molar-refractivity contribution in [3.63, 3.8) is 0 Å². The molecule has 0 amide bonds. The van der Waals surface area contributed by atoms with Crippen molar-refractivity contribution in [2.24, 2.45) is 0 Å².